The number of hydrogen-bond donors (Lipinski definition) is 0. The fourth-order valence-corrected chi connectivity index (χ4v) is 1.79. The van der Waals surface area contributed by atoms with E-state index >= 15 is 0 Å². The summed E-state index contributed by atoms with van der Waals surface area (Å²) in [5.74, 6) is 0.542. The highest BCUT2D eigenvalue weighted by atomic mass is 32.1. The molecule has 0 aromatic carbocycles. The maximum atomic E-state index is 8.37. The molecule has 0 aliphatic rings. The van der Waals surface area contributed by atoms with Crippen LogP contribution >= 0.6 is 11.3 Å². The fraction of sp³-hybridized carbons (Fsp3) is 0.444. The lowest BCUT2D eigenvalue weighted by atomic mass is 10.00. The van der Waals surface area contributed by atoms with Crippen molar-refractivity contribution in [2.45, 2.75) is 25.7 Å². The van der Waals surface area contributed by atoms with Gasteiger partial charge in [0.1, 0.15) is 0 Å². The molecule has 2 heteroatoms. The second-order valence-corrected chi connectivity index (χ2v) is 3.43. The van der Waals surface area contributed by atoms with E-state index in [1.807, 2.05) is 0 Å². The molecule has 1 rings (SSSR count). The Balaban J connectivity index is 2.44. The van der Waals surface area contributed by atoms with Gasteiger partial charge < -0.3 is 0 Å². The van der Waals surface area contributed by atoms with Crippen molar-refractivity contribution in [2.24, 2.45) is 0 Å². The van der Waals surface area contributed by atoms with Gasteiger partial charge in [-0.05, 0) is 34.7 Å². The Hall–Kier alpha value is -0.810. The van der Waals surface area contributed by atoms with Crippen molar-refractivity contribution < 1.29 is 0 Å². The van der Waals surface area contributed by atoms with E-state index in [4.69, 9.17) is 5.26 Å². The Morgan fingerprint density at radius 2 is 2.55 bits per heavy atom. The van der Waals surface area contributed by atoms with Crippen LogP contribution in [0, 0.1) is 11.3 Å². The third-order valence-corrected chi connectivity index (χ3v) is 2.50. The second kappa shape index (κ2) is 4.15. The Morgan fingerprint density at radius 1 is 1.73 bits per heavy atom. The minimum absolute atomic E-state index is 0.542. The van der Waals surface area contributed by atoms with Crippen LogP contribution in [0.5, 0.6) is 0 Å². The maximum absolute atomic E-state index is 8.37. The van der Waals surface area contributed by atoms with Crippen molar-refractivity contribution in [3.8, 4) is 6.07 Å². The molecule has 0 radical (unpaired) electrons. The average molecular weight is 165 g/mol. The van der Waals surface area contributed by atoms with E-state index in [2.05, 4.69) is 29.8 Å². The molecule has 0 fully saturated rings. The molecular formula is C9H11NS. The van der Waals surface area contributed by atoms with Crippen LogP contribution in [0.15, 0.2) is 16.8 Å². The summed E-state index contributed by atoms with van der Waals surface area (Å²) in [5.41, 5.74) is 1.37. The lowest BCUT2D eigenvalue weighted by Crippen LogP contribution is -1.89. The third kappa shape index (κ3) is 2.36. The zero-order valence-corrected chi connectivity index (χ0v) is 7.40. The fourth-order valence-electron chi connectivity index (χ4n) is 1.00. The summed E-state index contributed by atoms with van der Waals surface area (Å²) in [6.45, 7) is 2.17. The van der Waals surface area contributed by atoms with E-state index in [0.29, 0.717) is 12.3 Å². The summed E-state index contributed by atoms with van der Waals surface area (Å²) in [4.78, 5) is 0. The van der Waals surface area contributed by atoms with Crippen molar-refractivity contribution in [1.82, 2.24) is 0 Å². The number of thiophene rings is 1. The molecule has 1 atom stereocenters. The molecule has 58 valence electrons. The van der Waals surface area contributed by atoms with Crippen molar-refractivity contribution in [2.75, 3.05) is 0 Å². The molecule has 0 amide bonds. The van der Waals surface area contributed by atoms with Crippen LogP contribution in [0.1, 0.15) is 31.2 Å². The minimum atomic E-state index is 0.542. The molecule has 1 aromatic heterocycles. The first-order chi connectivity index (χ1) is 5.34. The SMILES string of the molecule is CC(CCC#N)c1ccsc1. The van der Waals surface area contributed by atoms with E-state index < -0.39 is 0 Å². The summed E-state index contributed by atoms with van der Waals surface area (Å²) in [6.07, 6.45) is 1.64. The van der Waals surface area contributed by atoms with Crippen molar-refractivity contribution in [3.63, 3.8) is 0 Å². The Bertz CT molecular complexity index is 233. The van der Waals surface area contributed by atoms with Gasteiger partial charge in [-0.1, -0.05) is 6.92 Å². The number of hydrogen-bond acceptors (Lipinski definition) is 2. The van der Waals surface area contributed by atoms with Crippen LogP contribution in [0.3, 0.4) is 0 Å². The number of nitriles is 1. The highest BCUT2D eigenvalue weighted by Gasteiger charge is 2.03. The Morgan fingerprint density at radius 3 is 3.09 bits per heavy atom. The largest absolute Gasteiger partial charge is 0.198 e. The summed E-state index contributed by atoms with van der Waals surface area (Å²) >= 11 is 1.72. The molecule has 0 aliphatic carbocycles. The van der Waals surface area contributed by atoms with Crippen LogP contribution < -0.4 is 0 Å². The van der Waals surface area contributed by atoms with E-state index in [1.165, 1.54) is 5.56 Å². The molecule has 1 aromatic rings. The molecule has 0 saturated carbocycles. The smallest absolute Gasteiger partial charge is 0.0621 e. The number of rotatable bonds is 3. The Kier molecular flexibility index (Phi) is 3.13. The summed E-state index contributed by atoms with van der Waals surface area (Å²) in [6, 6.07) is 4.30. The minimum Gasteiger partial charge on any atom is -0.198 e. The monoisotopic (exact) mass is 165 g/mol. The van der Waals surface area contributed by atoms with Gasteiger partial charge >= 0.3 is 0 Å². The molecule has 0 bridgehead atoms. The summed E-state index contributed by atoms with van der Waals surface area (Å²) < 4.78 is 0. The molecule has 11 heavy (non-hydrogen) atoms. The van der Waals surface area contributed by atoms with Gasteiger partial charge in [0.05, 0.1) is 6.07 Å². The summed E-state index contributed by atoms with van der Waals surface area (Å²) in [5, 5.41) is 12.6. The lowest BCUT2D eigenvalue weighted by Gasteiger charge is -2.04. The quantitative estimate of drug-likeness (QED) is 0.675. The standard InChI is InChI=1S/C9H11NS/c1-8(3-2-5-10)9-4-6-11-7-9/h4,6-8H,2-3H2,1H3. The normalized spacial score (nSPS) is 12.4. The molecule has 1 unspecified atom stereocenters. The molecule has 1 heterocycles. The predicted molar refractivity (Wildman–Crippen MR) is 47.6 cm³/mol. The van der Waals surface area contributed by atoms with Crippen LogP contribution in [0.2, 0.25) is 0 Å². The number of nitrogens with zero attached hydrogens (tertiary/aromatic N) is 1. The Labute approximate surface area is 71.3 Å². The van der Waals surface area contributed by atoms with Gasteiger partial charge in [0, 0.05) is 6.42 Å². The van der Waals surface area contributed by atoms with Gasteiger partial charge in [-0.25, -0.2) is 0 Å². The van der Waals surface area contributed by atoms with Crippen LogP contribution in [-0.4, -0.2) is 0 Å². The molecular weight excluding hydrogens is 154 g/mol. The first-order valence-electron chi connectivity index (χ1n) is 3.73. The van der Waals surface area contributed by atoms with E-state index in [0.717, 1.165) is 6.42 Å². The summed E-state index contributed by atoms with van der Waals surface area (Å²) in [7, 11) is 0. The lowest BCUT2D eigenvalue weighted by molar-refractivity contribution is 0.698. The van der Waals surface area contributed by atoms with E-state index in [-0.39, 0.29) is 0 Å². The topological polar surface area (TPSA) is 23.8 Å². The highest BCUT2D eigenvalue weighted by Crippen LogP contribution is 2.22. The molecule has 0 aliphatic heterocycles. The molecule has 0 saturated heterocycles. The second-order valence-electron chi connectivity index (χ2n) is 2.65. The zero-order valence-electron chi connectivity index (χ0n) is 6.58. The molecule has 0 spiro atoms. The van der Waals surface area contributed by atoms with Crippen molar-refractivity contribution in [1.29, 1.82) is 5.26 Å². The van der Waals surface area contributed by atoms with Gasteiger partial charge in [0.25, 0.3) is 0 Å². The highest BCUT2D eigenvalue weighted by molar-refractivity contribution is 7.07. The van der Waals surface area contributed by atoms with Crippen LogP contribution in [0.4, 0.5) is 0 Å². The maximum Gasteiger partial charge on any atom is 0.0621 e. The van der Waals surface area contributed by atoms with E-state index in [9.17, 15) is 0 Å². The van der Waals surface area contributed by atoms with E-state index in [1.54, 1.807) is 11.3 Å². The zero-order chi connectivity index (χ0) is 8.10. The average Bonchev–Trinajstić information content (AvgIpc) is 2.52. The van der Waals surface area contributed by atoms with Crippen LogP contribution in [-0.2, 0) is 0 Å². The van der Waals surface area contributed by atoms with Crippen molar-refractivity contribution in [3.05, 3.63) is 22.4 Å². The van der Waals surface area contributed by atoms with Gasteiger partial charge in [-0.3, -0.25) is 0 Å². The van der Waals surface area contributed by atoms with Gasteiger partial charge in [0.15, 0.2) is 0 Å². The van der Waals surface area contributed by atoms with Gasteiger partial charge in [0.2, 0.25) is 0 Å². The van der Waals surface area contributed by atoms with Crippen molar-refractivity contribution >= 4 is 11.3 Å². The van der Waals surface area contributed by atoms with Gasteiger partial charge in [-0.2, -0.15) is 16.6 Å². The first-order valence-corrected chi connectivity index (χ1v) is 4.68. The van der Waals surface area contributed by atoms with Gasteiger partial charge in [-0.15, -0.1) is 0 Å². The van der Waals surface area contributed by atoms with Crippen LogP contribution in [0.25, 0.3) is 0 Å². The first kappa shape index (κ1) is 8.29. The predicted octanol–water partition coefficient (Wildman–Crippen LogP) is 3.16. The third-order valence-electron chi connectivity index (χ3n) is 1.80. The molecule has 1 nitrogen and oxygen atoms in total. The molecule has 0 N–H and O–H groups in total.